The van der Waals surface area contributed by atoms with Crippen LogP contribution in [0.4, 0.5) is 4.79 Å². The zero-order chi connectivity index (χ0) is 15.4. The van der Waals surface area contributed by atoms with E-state index in [1.54, 1.807) is 0 Å². The third kappa shape index (κ3) is 3.71. The van der Waals surface area contributed by atoms with E-state index in [2.05, 4.69) is 17.6 Å². The molecule has 2 N–H and O–H groups in total. The fraction of sp³-hybridized carbons (Fsp3) is 0.588. The van der Waals surface area contributed by atoms with Gasteiger partial charge in [-0.3, -0.25) is 0 Å². The van der Waals surface area contributed by atoms with Gasteiger partial charge in [0, 0.05) is 6.54 Å². The lowest BCUT2D eigenvalue weighted by Gasteiger charge is -2.20. The van der Waals surface area contributed by atoms with E-state index >= 15 is 0 Å². The molecule has 0 saturated carbocycles. The summed E-state index contributed by atoms with van der Waals surface area (Å²) in [7, 11) is 0. The summed E-state index contributed by atoms with van der Waals surface area (Å²) < 4.78 is 11.3. The molecule has 22 heavy (non-hydrogen) atoms. The fourth-order valence-electron chi connectivity index (χ4n) is 3.16. The largest absolute Gasteiger partial charge is 0.494 e. The summed E-state index contributed by atoms with van der Waals surface area (Å²) >= 11 is 0. The van der Waals surface area contributed by atoms with Crippen LogP contribution in [0.25, 0.3) is 0 Å². The third-order valence-electron chi connectivity index (χ3n) is 4.25. The Bertz CT molecular complexity index is 520. The molecule has 3 unspecified atom stereocenters. The number of hydrogen-bond acceptors (Lipinski definition) is 3. The van der Waals surface area contributed by atoms with Crippen molar-refractivity contribution in [2.24, 2.45) is 0 Å². The Morgan fingerprint density at radius 1 is 1.41 bits per heavy atom. The average molecular weight is 304 g/mol. The molecule has 2 fully saturated rings. The highest BCUT2D eigenvalue weighted by atomic mass is 16.5. The molecular weight excluding hydrogens is 280 g/mol. The van der Waals surface area contributed by atoms with Gasteiger partial charge in [-0.15, -0.1) is 0 Å². The van der Waals surface area contributed by atoms with Gasteiger partial charge in [0.25, 0.3) is 0 Å². The normalized spacial score (nSPS) is 26.0. The van der Waals surface area contributed by atoms with Crippen LogP contribution < -0.4 is 15.4 Å². The van der Waals surface area contributed by atoms with Crippen molar-refractivity contribution in [1.82, 2.24) is 10.6 Å². The van der Waals surface area contributed by atoms with E-state index < -0.39 is 0 Å². The lowest BCUT2D eigenvalue weighted by atomic mass is 9.96. The highest BCUT2D eigenvalue weighted by Gasteiger charge is 2.41. The summed E-state index contributed by atoms with van der Waals surface area (Å²) in [5, 5.41) is 5.93. The maximum absolute atomic E-state index is 12.0. The van der Waals surface area contributed by atoms with E-state index in [9.17, 15) is 4.79 Å². The second-order valence-corrected chi connectivity index (χ2v) is 6.04. The zero-order valence-electron chi connectivity index (χ0n) is 13.0. The number of hydrogen-bond donors (Lipinski definition) is 2. The van der Waals surface area contributed by atoms with E-state index in [-0.39, 0.29) is 18.2 Å². The van der Waals surface area contributed by atoms with Crippen molar-refractivity contribution in [3.8, 4) is 5.75 Å². The lowest BCUT2D eigenvalue weighted by Crippen LogP contribution is -2.46. The highest BCUT2D eigenvalue weighted by Crippen LogP contribution is 2.34. The zero-order valence-corrected chi connectivity index (χ0v) is 13.0. The number of benzene rings is 1. The molecule has 3 atom stereocenters. The minimum atomic E-state index is -0.124. The summed E-state index contributed by atoms with van der Waals surface area (Å²) in [4.78, 5) is 12.0. The van der Waals surface area contributed by atoms with E-state index in [4.69, 9.17) is 9.47 Å². The van der Waals surface area contributed by atoms with Crippen molar-refractivity contribution in [2.45, 2.75) is 57.4 Å². The molecular formula is C17H24N2O3. The Labute approximate surface area is 131 Å². The van der Waals surface area contributed by atoms with Crippen LogP contribution in [0.5, 0.6) is 5.75 Å². The van der Waals surface area contributed by atoms with Crippen LogP contribution in [0.3, 0.4) is 0 Å². The number of amides is 2. The Balaban J connectivity index is 1.44. The van der Waals surface area contributed by atoms with Gasteiger partial charge in [-0.1, -0.05) is 19.1 Å². The van der Waals surface area contributed by atoms with Gasteiger partial charge in [0.2, 0.25) is 0 Å². The molecule has 1 aromatic carbocycles. The van der Waals surface area contributed by atoms with E-state index in [1.165, 1.54) is 0 Å². The molecule has 5 nitrogen and oxygen atoms in total. The number of fused-ring (bicyclic) bond motifs is 2. The SMILES string of the molecule is CCCOc1cccc(CNC(=O)NC2CC3CCC2O3)c1. The van der Waals surface area contributed by atoms with Crippen LogP contribution in [0.15, 0.2) is 24.3 Å². The van der Waals surface area contributed by atoms with Gasteiger partial charge >= 0.3 is 6.03 Å². The predicted octanol–water partition coefficient (Wildman–Crippen LogP) is 2.59. The molecule has 2 bridgehead atoms. The maximum atomic E-state index is 12.0. The van der Waals surface area contributed by atoms with Crippen LogP contribution in [0.1, 0.15) is 38.2 Å². The molecule has 0 radical (unpaired) electrons. The van der Waals surface area contributed by atoms with Gasteiger partial charge in [0.1, 0.15) is 5.75 Å². The number of carbonyl (C=O) groups is 1. The van der Waals surface area contributed by atoms with Crippen molar-refractivity contribution in [2.75, 3.05) is 6.61 Å². The second-order valence-electron chi connectivity index (χ2n) is 6.04. The van der Waals surface area contributed by atoms with E-state index in [0.717, 1.165) is 37.0 Å². The van der Waals surface area contributed by atoms with Crippen molar-refractivity contribution in [3.05, 3.63) is 29.8 Å². The summed E-state index contributed by atoms with van der Waals surface area (Å²) in [5.41, 5.74) is 1.04. The van der Waals surface area contributed by atoms with Crippen molar-refractivity contribution in [1.29, 1.82) is 0 Å². The van der Waals surface area contributed by atoms with Crippen LogP contribution in [-0.2, 0) is 11.3 Å². The molecule has 1 aromatic rings. The Morgan fingerprint density at radius 3 is 3.05 bits per heavy atom. The van der Waals surface area contributed by atoms with E-state index in [1.807, 2.05) is 24.3 Å². The van der Waals surface area contributed by atoms with Gasteiger partial charge in [-0.25, -0.2) is 4.79 Å². The molecule has 0 aliphatic carbocycles. The van der Waals surface area contributed by atoms with Crippen molar-refractivity contribution in [3.63, 3.8) is 0 Å². The molecule has 5 heteroatoms. The Morgan fingerprint density at radius 2 is 2.32 bits per heavy atom. The number of carbonyl (C=O) groups excluding carboxylic acids is 1. The van der Waals surface area contributed by atoms with Gasteiger partial charge in [0.15, 0.2) is 0 Å². The summed E-state index contributed by atoms with van der Waals surface area (Å²) in [6.07, 6.45) is 4.68. The lowest BCUT2D eigenvalue weighted by molar-refractivity contribution is 0.0981. The Kier molecular flexibility index (Phi) is 4.83. The molecule has 2 saturated heterocycles. The number of rotatable bonds is 6. The molecule has 2 amide bonds. The molecule has 3 rings (SSSR count). The topological polar surface area (TPSA) is 59.6 Å². The van der Waals surface area contributed by atoms with Crippen LogP contribution in [0, 0.1) is 0 Å². The van der Waals surface area contributed by atoms with Gasteiger partial charge in [-0.2, -0.15) is 0 Å². The summed E-state index contributed by atoms with van der Waals surface area (Å²) in [6.45, 7) is 3.29. The quantitative estimate of drug-likeness (QED) is 0.849. The summed E-state index contributed by atoms with van der Waals surface area (Å²) in [5.74, 6) is 0.850. The Hall–Kier alpha value is -1.75. The molecule has 120 valence electrons. The number of urea groups is 1. The van der Waals surface area contributed by atoms with Crippen LogP contribution in [0.2, 0.25) is 0 Å². The highest BCUT2D eigenvalue weighted by molar-refractivity contribution is 5.74. The molecule has 2 heterocycles. The summed E-state index contributed by atoms with van der Waals surface area (Å²) in [6, 6.07) is 7.88. The predicted molar refractivity (Wildman–Crippen MR) is 83.9 cm³/mol. The van der Waals surface area contributed by atoms with E-state index in [0.29, 0.717) is 19.3 Å². The molecule has 0 spiro atoms. The fourth-order valence-corrected chi connectivity index (χ4v) is 3.16. The second kappa shape index (κ2) is 7.01. The smallest absolute Gasteiger partial charge is 0.315 e. The minimum absolute atomic E-state index is 0.124. The van der Waals surface area contributed by atoms with Gasteiger partial charge in [0.05, 0.1) is 24.9 Å². The first-order valence-electron chi connectivity index (χ1n) is 8.16. The number of nitrogens with one attached hydrogen (secondary N) is 2. The van der Waals surface area contributed by atoms with Crippen molar-refractivity contribution >= 4 is 6.03 Å². The third-order valence-corrected chi connectivity index (χ3v) is 4.25. The minimum Gasteiger partial charge on any atom is -0.494 e. The first kappa shape index (κ1) is 15.2. The molecule has 0 aromatic heterocycles. The first-order chi connectivity index (χ1) is 10.7. The first-order valence-corrected chi connectivity index (χ1v) is 8.16. The monoisotopic (exact) mass is 304 g/mol. The average Bonchev–Trinajstić information content (AvgIpc) is 3.14. The molecule has 2 aliphatic rings. The molecule has 2 aliphatic heterocycles. The number of ether oxygens (including phenoxy) is 2. The van der Waals surface area contributed by atoms with Gasteiger partial charge in [-0.05, 0) is 43.4 Å². The van der Waals surface area contributed by atoms with Gasteiger partial charge < -0.3 is 20.1 Å². The van der Waals surface area contributed by atoms with Crippen LogP contribution >= 0.6 is 0 Å². The standard InChI is InChI=1S/C17H24N2O3/c1-2-8-21-13-5-3-4-12(9-13)11-18-17(20)19-15-10-14-6-7-16(15)22-14/h3-5,9,14-16H,2,6-8,10-11H2,1H3,(H2,18,19,20). The van der Waals surface area contributed by atoms with Crippen molar-refractivity contribution < 1.29 is 14.3 Å². The maximum Gasteiger partial charge on any atom is 0.315 e. The van der Waals surface area contributed by atoms with Crippen LogP contribution in [-0.4, -0.2) is 30.9 Å².